The Labute approximate surface area is 174 Å². The van der Waals surface area contributed by atoms with Crippen LogP contribution in [-0.4, -0.2) is 24.5 Å². The van der Waals surface area contributed by atoms with E-state index in [2.05, 4.69) is 36.3 Å². The second-order valence-electron chi connectivity index (χ2n) is 7.84. The zero-order valence-corrected chi connectivity index (χ0v) is 18.4. The maximum atomic E-state index is 12.6. The first kappa shape index (κ1) is 21.1. The van der Waals surface area contributed by atoms with Crippen LogP contribution in [0.25, 0.3) is 0 Å². The second-order valence-corrected chi connectivity index (χ2v) is 11.0. The van der Waals surface area contributed by atoms with E-state index in [-0.39, 0.29) is 26.5 Å². The molecule has 29 heavy (non-hydrogen) atoms. The molecule has 0 aliphatic heterocycles. The number of hydrogen-bond donors (Lipinski definition) is 1. The third kappa shape index (κ3) is 5.07. The summed E-state index contributed by atoms with van der Waals surface area (Å²) in [7, 11) is -3.64. The molecule has 8 heteroatoms. The van der Waals surface area contributed by atoms with Crippen molar-refractivity contribution in [2.75, 3.05) is 5.32 Å². The summed E-state index contributed by atoms with van der Waals surface area (Å²) in [6.07, 6.45) is 0. The van der Waals surface area contributed by atoms with Crippen LogP contribution in [-0.2, 0) is 21.0 Å². The zero-order chi connectivity index (χ0) is 21.2. The molecule has 0 unspecified atom stereocenters. The number of nitrogens with one attached hydrogen (secondary N) is 1. The van der Waals surface area contributed by atoms with Gasteiger partial charge in [-0.2, -0.15) is 0 Å². The lowest BCUT2D eigenvalue weighted by atomic mass is 9.87. The van der Waals surface area contributed by atoms with E-state index in [1.54, 1.807) is 24.3 Å². The molecule has 1 heterocycles. The minimum absolute atomic E-state index is 0.00535. The summed E-state index contributed by atoms with van der Waals surface area (Å²) in [4.78, 5) is 12.4. The standard InChI is InChI=1S/C21H23N3O3S2/c1-14-7-5-6-8-16(14)13-29(26,27)20-24-23-19(28-20)22-18(25)15-9-11-17(12-10-15)21(2,3)4/h5-12H,13H2,1-4H3,(H,22,23,25). The van der Waals surface area contributed by atoms with E-state index in [0.717, 1.165) is 22.5 Å². The van der Waals surface area contributed by atoms with Gasteiger partial charge >= 0.3 is 0 Å². The minimum atomic E-state index is -3.64. The average molecular weight is 430 g/mol. The number of sulfone groups is 1. The van der Waals surface area contributed by atoms with Crippen molar-refractivity contribution >= 4 is 32.2 Å². The third-order valence-corrected chi connectivity index (χ3v) is 7.46. The van der Waals surface area contributed by atoms with E-state index in [1.165, 1.54) is 0 Å². The van der Waals surface area contributed by atoms with Crippen LogP contribution < -0.4 is 5.32 Å². The van der Waals surface area contributed by atoms with Crippen molar-refractivity contribution in [2.45, 2.75) is 43.2 Å². The van der Waals surface area contributed by atoms with Crippen LogP contribution in [0.5, 0.6) is 0 Å². The fourth-order valence-corrected chi connectivity index (χ4v) is 5.13. The summed E-state index contributed by atoms with van der Waals surface area (Å²) in [6.45, 7) is 8.16. The molecular formula is C21H23N3O3S2. The molecule has 0 bridgehead atoms. The van der Waals surface area contributed by atoms with Gasteiger partial charge in [-0.3, -0.25) is 10.1 Å². The van der Waals surface area contributed by atoms with Gasteiger partial charge in [-0.05, 0) is 41.2 Å². The number of carbonyl (C=O) groups excluding carboxylic acids is 1. The highest BCUT2D eigenvalue weighted by Crippen LogP contribution is 2.26. The van der Waals surface area contributed by atoms with Crippen molar-refractivity contribution in [1.82, 2.24) is 10.2 Å². The molecule has 0 saturated carbocycles. The predicted octanol–water partition coefficient (Wildman–Crippen LogP) is 4.37. The molecule has 0 fully saturated rings. The number of carbonyl (C=O) groups is 1. The molecule has 1 amide bonds. The van der Waals surface area contributed by atoms with Crippen molar-refractivity contribution in [1.29, 1.82) is 0 Å². The topological polar surface area (TPSA) is 89.0 Å². The molecule has 3 rings (SSSR count). The smallest absolute Gasteiger partial charge is 0.257 e. The van der Waals surface area contributed by atoms with Crippen LogP contribution >= 0.6 is 11.3 Å². The summed E-state index contributed by atoms with van der Waals surface area (Å²) in [6, 6.07) is 14.6. The molecule has 152 valence electrons. The monoisotopic (exact) mass is 429 g/mol. The summed E-state index contributed by atoms with van der Waals surface area (Å²) in [5.41, 5.74) is 3.20. The van der Waals surface area contributed by atoms with Gasteiger partial charge in [-0.25, -0.2) is 8.42 Å². The van der Waals surface area contributed by atoms with Crippen LogP contribution in [0.15, 0.2) is 52.9 Å². The summed E-state index contributed by atoms with van der Waals surface area (Å²) >= 11 is 0.853. The Hall–Kier alpha value is -2.58. The van der Waals surface area contributed by atoms with Crippen molar-refractivity contribution < 1.29 is 13.2 Å². The van der Waals surface area contributed by atoms with E-state index < -0.39 is 9.84 Å². The first-order valence-electron chi connectivity index (χ1n) is 9.09. The van der Waals surface area contributed by atoms with Crippen molar-refractivity contribution in [3.63, 3.8) is 0 Å². The van der Waals surface area contributed by atoms with Crippen LogP contribution in [0.1, 0.15) is 47.8 Å². The number of amides is 1. The summed E-state index contributed by atoms with van der Waals surface area (Å²) in [5, 5.41) is 10.4. The molecule has 0 aliphatic rings. The maximum Gasteiger partial charge on any atom is 0.257 e. The first-order chi connectivity index (χ1) is 13.6. The number of hydrogen-bond acceptors (Lipinski definition) is 6. The van der Waals surface area contributed by atoms with E-state index in [0.29, 0.717) is 11.1 Å². The van der Waals surface area contributed by atoms with Crippen LogP contribution in [0.4, 0.5) is 5.13 Å². The Balaban J connectivity index is 1.73. The SMILES string of the molecule is Cc1ccccc1CS(=O)(=O)c1nnc(NC(=O)c2ccc(C(C)(C)C)cc2)s1. The number of anilines is 1. The van der Waals surface area contributed by atoms with Crippen molar-refractivity contribution in [2.24, 2.45) is 0 Å². The van der Waals surface area contributed by atoms with Gasteiger partial charge in [0.15, 0.2) is 0 Å². The molecule has 0 spiro atoms. The lowest BCUT2D eigenvalue weighted by Crippen LogP contribution is -2.14. The third-order valence-electron chi connectivity index (χ3n) is 4.51. The lowest BCUT2D eigenvalue weighted by Gasteiger charge is -2.18. The highest BCUT2D eigenvalue weighted by atomic mass is 32.2. The number of aryl methyl sites for hydroxylation is 1. The van der Waals surface area contributed by atoms with Crippen LogP contribution in [0.2, 0.25) is 0 Å². The van der Waals surface area contributed by atoms with Crippen LogP contribution in [0.3, 0.4) is 0 Å². The van der Waals surface area contributed by atoms with E-state index in [4.69, 9.17) is 0 Å². The largest absolute Gasteiger partial charge is 0.296 e. The van der Waals surface area contributed by atoms with Gasteiger partial charge in [-0.15, -0.1) is 10.2 Å². The summed E-state index contributed by atoms with van der Waals surface area (Å²) < 4.78 is 25.2. The molecule has 1 N–H and O–H groups in total. The lowest BCUT2D eigenvalue weighted by molar-refractivity contribution is 0.102. The van der Waals surface area contributed by atoms with Crippen molar-refractivity contribution in [3.05, 3.63) is 70.8 Å². The van der Waals surface area contributed by atoms with Gasteiger partial charge in [0.05, 0.1) is 5.75 Å². The molecule has 0 aliphatic carbocycles. The number of benzene rings is 2. The fourth-order valence-electron chi connectivity index (χ4n) is 2.72. The average Bonchev–Trinajstić information content (AvgIpc) is 3.12. The highest BCUT2D eigenvalue weighted by Gasteiger charge is 2.23. The Bertz CT molecular complexity index is 1130. The Morgan fingerprint density at radius 2 is 1.69 bits per heavy atom. The molecule has 1 aromatic heterocycles. The quantitative estimate of drug-likeness (QED) is 0.608. The summed E-state index contributed by atoms with van der Waals surface area (Å²) in [5.74, 6) is -0.513. The van der Waals surface area contributed by atoms with Crippen molar-refractivity contribution in [3.8, 4) is 0 Å². The molecule has 3 aromatic rings. The fraction of sp³-hybridized carbons (Fsp3) is 0.286. The van der Waals surface area contributed by atoms with Crippen LogP contribution in [0, 0.1) is 6.92 Å². The van der Waals surface area contributed by atoms with Gasteiger partial charge in [0.1, 0.15) is 0 Å². The van der Waals surface area contributed by atoms with Gasteiger partial charge < -0.3 is 0 Å². The molecule has 6 nitrogen and oxygen atoms in total. The predicted molar refractivity (Wildman–Crippen MR) is 115 cm³/mol. The molecule has 2 aromatic carbocycles. The number of nitrogens with zero attached hydrogens (tertiary/aromatic N) is 2. The van der Waals surface area contributed by atoms with E-state index in [9.17, 15) is 13.2 Å². The second kappa shape index (κ2) is 8.04. The Morgan fingerprint density at radius 3 is 2.31 bits per heavy atom. The molecular weight excluding hydrogens is 406 g/mol. The van der Waals surface area contributed by atoms with E-state index >= 15 is 0 Å². The minimum Gasteiger partial charge on any atom is -0.296 e. The van der Waals surface area contributed by atoms with E-state index in [1.807, 2.05) is 31.2 Å². The highest BCUT2D eigenvalue weighted by molar-refractivity contribution is 7.92. The van der Waals surface area contributed by atoms with Gasteiger partial charge in [0.25, 0.3) is 5.91 Å². The molecule has 0 radical (unpaired) electrons. The number of rotatable bonds is 5. The maximum absolute atomic E-state index is 12.6. The van der Waals surface area contributed by atoms with Gasteiger partial charge in [0.2, 0.25) is 19.3 Å². The zero-order valence-electron chi connectivity index (χ0n) is 16.8. The van der Waals surface area contributed by atoms with Gasteiger partial charge in [0, 0.05) is 5.56 Å². The number of aromatic nitrogens is 2. The Kier molecular flexibility index (Phi) is 5.86. The molecule has 0 saturated heterocycles. The Morgan fingerprint density at radius 1 is 1.03 bits per heavy atom. The van der Waals surface area contributed by atoms with Gasteiger partial charge in [-0.1, -0.05) is 68.5 Å². The molecule has 0 atom stereocenters. The normalized spacial score (nSPS) is 12.0. The first-order valence-corrected chi connectivity index (χ1v) is 11.6.